The van der Waals surface area contributed by atoms with E-state index in [0.717, 1.165) is 45.3 Å². The lowest BCUT2D eigenvalue weighted by Gasteiger charge is -2.34. The molecule has 1 aliphatic rings. The molecule has 6 heteroatoms. The summed E-state index contributed by atoms with van der Waals surface area (Å²) in [5.74, 6) is 0.0234. The normalized spacial score (nSPS) is 19.5. The number of hydrogen-bond donors (Lipinski definition) is 3. The van der Waals surface area contributed by atoms with E-state index in [0.29, 0.717) is 13.0 Å². The van der Waals surface area contributed by atoms with Crippen molar-refractivity contribution in [1.29, 1.82) is 0 Å². The van der Waals surface area contributed by atoms with Crippen LogP contribution in [0.5, 0.6) is 0 Å². The zero-order valence-electron chi connectivity index (χ0n) is 14.3. The van der Waals surface area contributed by atoms with Gasteiger partial charge in [0.2, 0.25) is 11.8 Å². The van der Waals surface area contributed by atoms with Gasteiger partial charge in [0.1, 0.15) is 0 Å². The minimum absolute atomic E-state index is 0.0616. The van der Waals surface area contributed by atoms with E-state index in [9.17, 15) is 9.59 Å². The Morgan fingerprint density at radius 2 is 1.86 bits per heavy atom. The van der Waals surface area contributed by atoms with Gasteiger partial charge in [-0.05, 0) is 32.6 Å². The highest BCUT2D eigenvalue weighted by Crippen LogP contribution is 2.13. The highest BCUT2D eigenvalue weighted by atomic mass is 16.2. The van der Waals surface area contributed by atoms with Crippen LogP contribution >= 0.6 is 0 Å². The van der Waals surface area contributed by atoms with Crippen molar-refractivity contribution in [3.63, 3.8) is 0 Å². The van der Waals surface area contributed by atoms with Crippen LogP contribution in [0.2, 0.25) is 0 Å². The molecule has 0 saturated carbocycles. The van der Waals surface area contributed by atoms with Gasteiger partial charge in [0.05, 0.1) is 12.1 Å². The average Bonchev–Trinajstić information content (AvgIpc) is 2.47. The van der Waals surface area contributed by atoms with Crippen LogP contribution in [0, 0.1) is 0 Å². The zero-order valence-corrected chi connectivity index (χ0v) is 14.3. The lowest BCUT2D eigenvalue weighted by atomic mass is 9.95. The molecule has 1 unspecified atom stereocenters. The third kappa shape index (κ3) is 6.32. The van der Waals surface area contributed by atoms with Crippen molar-refractivity contribution in [3.8, 4) is 0 Å². The fourth-order valence-corrected chi connectivity index (χ4v) is 2.74. The molecule has 0 aromatic carbocycles. The number of piperidine rings is 1. The maximum absolute atomic E-state index is 12.2. The summed E-state index contributed by atoms with van der Waals surface area (Å²) in [4.78, 5) is 26.0. The summed E-state index contributed by atoms with van der Waals surface area (Å²) < 4.78 is 0. The largest absolute Gasteiger partial charge is 0.355 e. The Kier molecular flexibility index (Phi) is 7.82. The third-order valence-electron chi connectivity index (χ3n) is 4.15. The van der Waals surface area contributed by atoms with Crippen LogP contribution in [0.4, 0.5) is 0 Å². The second-order valence-electron chi connectivity index (χ2n) is 6.54. The summed E-state index contributed by atoms with van der Waals surface area (Å²) in [6.45, 7) is 8.71. The molecule has 1 heterocycles. The Morgan fingerprint density at radius 3 is 2.41 bits per heavy atom. The van der Waals surface area contributed by atoms with Crippen molar-refractivity contribution in [2.75, 3.05) is 26.2 Å². The van der Waals surface area contributed by atoms with Gasteiger partial charge in [-0.25, -0.2) is 0 Å². The van der Waals surface area contributed by atoms with E-state index in [-0.39, 0.29) is 17.9 Å². The summed E-state index contributed by atoms with van der Waals surface area (Å²) in [7, 11) is 0. The number of hydrogen-bond acceptors (Lipinski definition) is 4. The smallest absolute Gasteiger partial charge is 0.240 e. The SMILES string of the molecule is CCCNC(=O)CN1CCC(NC(=O)C(C)(N)CCC)CC1. The Bertz CT molecular complexity index is 363. The van der Waals surface area contributed by atoms with E-state index in [1.54, 1.807) is 6.92 Å². The number of nitrogens with zero attached hydrogens (tertiary/aromatic N) is 1. The predicted molar refractivity (Wildman–Crippen MR) is 88.4 cm³/mol. The van der Waals surface area contributed by atoms with Crippen LogP contribution < -0.4 is 16.4 Å². The second kappa shape index (κ2) is 9.10. The van der Waals surface area contributed by atoms with Crippen LogP contribution in [0.3, 0.4) is 0 Å². The van der Waals surface area contributed by atoms with Gasteiger partial charge >= 0.3 is 0 Å². The molecule has 1 fully saturated rings. The minimum atomic E-state index is -0.786. The summed E-state index contributed by atoms with van der Waals surface area (Å²) >= 11 is 0. The van der Waals surface area contributed by atoms with Crippen LogP contribution in [0.25, 0.3) is 0 Å². The van der Waals surface area contributed by atoms with Crippen molar-refractivity contribution in [3.05, 3.63) is 0 Å². The van der Waals surface area contributed by atoms with Gasteiger partial charge in [0, 0.05) is 25.7 Å². The number of amides is 2. The molecule has 4 N–H and O–H groups in total. The zero-order chi connectivity index (χ0) is 16.6. The number of nitrogens with one attached hydrogen (secondary N) is 2. The molecule has 1 saturated heterocycles. The van der Waals surface area contributed by atoms with Gasteiger partial charge < -0.3 is 16.4 Å². The number of carbonyl (C=O) groups is 2. The fraction of sp³-hybridized carbons (Fsp3) is 0.875. The van der Waals surface area contributed by atoms with Crippen molar-refractivity contribution in [2.45, 2.75) is 64.5 Å². The van der Waals surface area contributed by atoms with E-state index in [4.69, 9.17) is 5.73 Å². The van der Waals surface area contributed by atoms with E-state index in [2.05, 4.69) is 15.5 Å². The first-order chi connectivity index (χ1) is 10.4. The molecular formula is C16H32N4O2. The molecule has 1 atom stereocenters. The van der Waals surface area contributed by atoms with Crippen LogP contribution in [0.1, 0.15) is 52.9 Å². The molecule has 0 aromatic heterocycles. The van der Waals surface area contributed by atoms with E-state index in [1.807, 2.05) is 13.8 Å². The molecule has 0 radical (unpaired) electrons. The standard InChI is InChI=1S/C16H32N4O2/c1-4-8-16(3,17)15(22)19-13-6-10-20(11-7-13)12-14(21)18-9-5-2/h13H,4-12,17H2,1-3H3,(H,18,21)(H,19,22). The van der Waals surface area contributed by atoms with Gasteiger partial charge in [0.25, 0.3) is 0 Å². The van der Waals surface area contributed by atoms with Crippen molar-refractivity contribution < 1.29 is 9.59 Å². The Labute approximate surface area is 134 Å². The maximum atomic E-state index is 12.2. The molecule has 0 aromatic rings. The molecule has 6 nitrogen and oxygen atoms in total. The van der Waals surface area contributed by atoms with E-state index >= 15 is 0 Å². The van der Waals surface area contributed by atoms with Gasteiger partial charge in [-0.15, -0.1) is 0 Å². The molecule has 1 rings (SSSR count). The number of rotatable bonds is 8. The first kappa shape index (κ1) is 18.9. The molecule has 0 bridgehead atoms. The molecular weight excluding hydrogens is 280 g/mol. The summed E-state index contributed by atoms with van der Waals surface area (Å²) in [5.41, 5.74) is 5.27. The van der Waals surface area contributed by atoms with Crippen molar-refractivity contribution >= 4 is 11.8 Å². The number of likely N-dealkylation sites (tertiary alicyclic amines) is 1. The quantitative estimate of drug-likeness (QED) is 0.613. The number of carbonyl (C=O) groups excluding carboxylic acids is 2. The van der Waals surface area contributed by atoms with Crippen molar-refractivity contribution in [1.82, 2.24) is 15.5 Å². The van der Waals surface area contributed by atoms with Gasteiger partial charge in [0.15, 0.2) is 0 Å². The van der Waals surface area contributed by atoms with Gasteiger partial charge in [-0.1, -0.05) is 20.3 Å². The van der Waals surface area contributed by atoms with Crippen LogP contribution in [-0.2, 0) is 9.59 Å². The fourth-order valence-electron chi connectivity index (χ4n) is 2.74. The Morgan fingerprint density at radius 1 is 1.23 bits per heavy atom. The molecule has 2 amide bonds. The van der Waals surface area contributed by atoms with Gasteiger partial charge in [-0.3, -0.25) is 14.5 Å². The third-order valence-corrected chi connectivity index (χ3v) is 4.15. The topological polar surface area (TPSA) is 87.5 Å². The highest BCUT2D eigenvalue weighted by Gasteiger charge is 2.30. The summed E-state index contributed by atoms with van der Waals surface area (Å²) in [6.07, 6.45) is 4.28. The summed E-state index contributed by atoms with van der Waals surface area (Å²) in [5, 5.41) is 5.95. The minimum Gasteiger partial charge on any atom is -0.355 e. The Hall–Kier alpha value is -1.14. The second-order valence-corrected chi connectivity index (χ2v) is 6.54. The lowest BCUT2D eigenvalue weighted by Crippen LogP contribution is -2.56. The first-order valence-corrected chi connectivity index (χ1v) is 8.48. The van der Waals surface area contributed by atoms with Crippen LogP contribution in [-0.4, -0.2) is 54.5 Å². The maximum Gasteiger partial charge on any atom is 0.240 e. The number of nitrogens with two attached hydrogens (primary N) is 1. The highest BCUT2D eigenvalue weighted by molar-refractivity contribution is 5.85. The van der Waals surface area contributed by atoms with E-state index in [1.165, 1.54) is 0 Å². The monoisotopic (exact) mass is 312 g/mol. The predicted octanol–water partition coefficient (Wildman–Crippen LogP) is 0.611. The summed E-state index contributed by atoms with van der Waals surface area (Å²) in [6, 6.07) is 0.169. The molecule has 0 spiro atoms. The molecule has 128 valence electrons. The van der Waals surface area contributed by atoms with Gasteiger partial charge in [-0.2, -0.15) is 0 Å². The molecule has 22 heavy (non-hydrogen) atoms. The molecule has 1 aliphatic heterocycles. The lowest BCUT2D eigenvalue weighted by molar-refractivity contribution is -0.127. The average molecular weight is 312 g/mol. The van der Waals surface area contributed by atoms with E-state index < -0.39 is 5.54 Å². The Balaban J connectivity index is 2.30. The van der Waals surface area contributed by atoms with Crippen LogP contribution in [0.15, 0.2) is 0 Å². The van der Waals surface area contributed by atoms with Crippen molar-refractivity contribution in [2.24, 2.45) is 5.73 Å². The molecule has 0 aliphatic carbocycles. The first-order valence-electron chi connectivity index (χ1n) is 8.48.